The van der Waals surface area contributed by atoms with Crippen LogP contribution in [0, 0.1) is 19.7 Å². The van der Waals surface area contributed by atoms with Crippen molar-refractivity contribution in [2.75, 3.05) is 12.4 Å². The summed E-state index contributed by atoms with van der Waals surface area (Å²) in [5, 5.41) is 4.23. The van der Waals surface area contributed by atoms with Crippen LogP contribution in [0.4, 0.5) is 10.2 Å². The monoisotopic (exact) mass is 301 g/mol. The van der Waals surface area contributed by atoms with Gasteiger partial charge in [0.1, 0.15) is 22.3 Å². The molecule has 2 heterocycles. The predicted octanol–water partition coefficient (Wildman–Crippen LogP) is 4.08. The van der Waals surface area contributed by atoms with Crippen molar-refractivity contribution in [2.24, 2.45) is 0 Å². The minimum Gasteiger partial charge on any atom is -0.372 e. The van der Waals surface area contributed by atoms with Gasteiger partial charge in [-0.25, -0.2) is 14.4 Å². The maximum absolute atomic E-state index is 13.3. The summed E-state index contributed by atoms with van der Waals surface area (Å²) in [5.74, 6) is 1.32. The van der Waals surface area contributed by atoms with Crippen LogP contribution in [-0.2, 0) is 6.42 Å². The van der Waals surface area contributed by atoms with Gasteiger partial charge in [0.15, 0.2) is 0 Å². The van der Waals surface area contributed by atoms with Gasteiger partial charge >= 0.3 is 0 Å². The molecule has 3 rings (SSSR count). The summed E-state index contributed by atoms with van der Waals surface area (Å²) in [5.41, 5.74) is 2.10. The number of rotatable bonds is 3. The Balaban J connectivity index is 2.07. The van der Waals surface area contributed by atoms with Gasteiger partial charge in [0.25, 0.3) is 0 Å². The van der Waals surface area contributed by atoms with Crippen LogP contribution in [0.3, 0.4) is 0 Å². The standard InChI is InChI=1S/C16H16FN3S/c1-9-10(2)21-16-14(9)15(18-3)19-13(20-16)8-11-5-4-6-12(17)7-11/h4-7H,8H2,1-3H3,(H,18,19,20). The molecular weight excluding hydrogens is 285 g/mol. The van der Waals surface area contributed by atoms with Crippen molar-refractivity contribution in [1.82, 2.24) is 9.97 Å². The van der Waals surface area contributed by atoms with E-state index < -0.39 is 0 Å². The minimum absolute atomic E-state index is 0.231. The summed E-state index contributed by atoms with van der Waals surface area (Å²) in [6.45, 7) is 4.18. The van der Waals surface area contributed by atoms with E-state index in [0.29, 0.717) is 12.2 Å². The Labute approximate surface area is 126 Å². The fourth-order valence-electron chi connectivity index (χ4n) is 2.38. The Morgan fingerprint density at radius 2 is 2.05 bits per heavy atom. The molecule has 1 N–H and O–H groups in total. The van der Waals surface area contributed by atoms with Gasteiger partial charge in [-0.15, -0.1) is 11.3 Å². The fraction of sp³-hybridized carbons (Fsp3) is 0.250. The molecule has 0 fully saturated rings. The summed E-state index contributed by atoms with van der Waals surface area (Å²) in [6, 6.07) is 6.57. The first-order valence-electron chi connectivity index (χ1n) is 6.77. The van der Waals surface area contributed by atoms with E-state index in [1.165, 1.54) is 22.6 Å². The summed E-state index contributed by atoms with van der Waals surface area (Å²) in [7, 11) is 1.86. The van der Waals surface area contributed by atoms with Crippen LogP contribution >= 0.6 is 11.3 Å². The second-order valence-electron chi connectivity index (χ2n) is 5.01. The first-order chi connectivity index (χ1) is 10.1. The van der Waals surface area contributed by atoms with E-state index in [4.69, 9.17) is 0 Å². The van der Waals surface area contributed by atoms with Gasteiger partial charge in [-0.05, 0) is 37.1 Å². The highest BCUT2D eigenvalue weighted by Crippen LogP contribution is 2.33. The van der Waals surface area contributed by atoms with Crippen molar-refractivity contribution in [2.45, 2.75) is 20.3 Å². The molecule has 0 saturated carbocycles. The normalized spacial score (nSPS) is 11.0. The van der Waals surface area contributed by atoms with Gasteiger partial charge in [0, 0.05) is 18.3 Å². The predicted molar refractivity (Wildman–Crippen MR) is 85.6 cm³/mol. The molecule has 21 heavy (non-hydrogen) atoms. The van der Waals surface area contributed by atoms with Crippen LogP contribution in [0.15, 0.2) is 24.3 Å². The van der Waals surface area contributed by atoms with Crippen LogP contribution in [0.1, 0.15) is 21.8 Å². The lowest BCUT2D eigenvalue weighted by atomic mass is 10.1. The number of thiophene rings is 1. The molecule has 1 aromatic carbocycles. The number of hydrogen-bond donors (Lipinski definition) is 1. The van der Waals surface area contributed by atoms with Crippen LogP contribution in [0.5, 0.6) is 0 Å². The number of benzene rings is 1. The van der Waals surface area contributed by atoms with Crippen molar-refractivity contribution in [3.63, 3.8) is 0 Å². The molecule has 0 aliphatic rings. The molecule has 0 spiro atoms. The van der Waals surface area contributed by atoms with E-state index in [0.717, 1.165) is 21.6 Å². The van der Waals surface area contributed by atoms with Gasteiger partial charge in [0.05, 0.1) is 5.39 Å². The molecule has 0 amide bonds. The zero-order chi connectivity index (χ0) is 15.0. The van der Waals surface area contributed by atoms with E-state index in [9.17, 15) is 4.39 Å². The van der Waals surface area contributed by atoms with E-state index in [1.54, 1.807) is 17.4 Å². The highest BCUT2D eigenvalue weighted by atomic mass is 32.1. The van der Waals surface area contributed by atoms with Crippen molar-refractivity contribution in [3.8, 4) is 0 Å². The number of halogens is 1. The molecule has 0 atom stereocenters. The topological polar surface area (TPSA) is 37.8 Å². The molecule has 3 aromatic rings. The Morgan fingerprint density at radius 1 is 1.24 bits per heavy atom. The maximum atomic E-state index is 13.3. The summed E-state index contributed by atoms with van der Waals surface area (Å²) >= 11 is 1.67. The Hall–Kier alpha value is -2.01. The number of aromatic nitrogens is 2. The molecule has 0 radical (unpaired) electrons. The zero-order valence-electron chi connectivity index (χ0n) is 12.2. The maximum Gasteiger partial charge on any atom is 0.138 e. The summed E-state index contributed by atoms with van der Waals surface area (Å²) < 4.78 is 13.3. The van der Waals surface area contributed by atoms with Gasteiger partial charge in [-0.3, -0.25) is 0 Å². The highest BCUT2D eigenvalue weighted by Gasteiger charge is 2.14. The lowest BCUT2D eigenvalue weighted by molar-refractivity contribution is 0.626. The smallest absolute Gasteiger partial charge is 0.138 e. The minimum atomic E-state index is -0.231. The quantitative estimate of drug-likeness (QED) is 0.792. The second kappa shape index (κ2) is 5.41. The molecule has 0 aliphatic carbocycles. The molecule has 0 bridgehead atoms. The van der Waals surface area contributed by atoms with E-state index in [2.05, 4.69) is 29.1 Å². The number of nitrogens with one attached hydrogen (secondary N) is 1. The molecule has 108 valence electrons. The van der Waals surface area contributed by atoms with E-state index in [1.807, 2.05) is 13.1 Å². The van der Waals surface area contributed by atoms with Crippen molar-refractivity contribution in [1.29, 1.82) is 0 Å². The average Bonchev–Trinajstić information content (AvgIpc) is 2.73. The third kappa shape index (κ3) is 2.61. The summed E-state index contributed by atoms with van der Waals surface area (Å²) in [4.78, 5) is 11.4. The molecule has 0 saturated heterocycles. The van der Waals surface area contributed by atoms with Gasteiger partial charge in [0.2, 0.25) is 0 Å². The van der Waals surface area contributed by atoms with Crippen LogP contribution in [0.2, 0.25) is 0 Å². The molecule has 2 aromatic heterocycles. The van der Waals surface area contributed by atoms with Crippen LogP contribution < -0.4 is 5.32 Å². The number of aryl methyl sites for hydroxylation is 2. The first kappa shape index (κ1) is 13.9. The largest absolute Gasteiger partial charge is 0.372 e. The zero-order valence-corrected chi connectivity index (χ0v) is 13.0. The fourth-order valence-corrected chi connectivity index (χ4v) is 3.43. The van der Waals surface area contributed by atoms with Crippen LogP contribution in [0.25, 0.3) is 10.2 Å². The highest BCUT2D eigenvalue weighted by molar-refractivity contribution is 7.18. The van der Waals surface area contributed by atoms with Crippen molar-refractivity contribution >= 4 is 27.4 Å². The second-order valence-corrected chi connectivity index (χ2v) is 6.21. The molecule has 3 nitrogen and oxygen atoms in total. The number of fused-ring (bicyclic) bond motifs is 1. The molecule has 0 unspecified atom stereocenters. The lowest BCUT2D eigenvalue weighted by Crippen LogP contribution is -2.02. The lowest BCUT2D eigenvalue weighted by Gasteiger charge is -2.06. The van der Waals surface area contributed by atoms with Gasteiger partial charge in [-0.1, -0.05) is 12.1 Å². The Bertz CT molecular complexity index is 811. The Kier molecular flexibility index (Phi) is 3.59. The van der Waals surface area contributed by atoms with E-state index >= 15 is 0 Å². The van der Waals surface area contributed by atoms with Gasteiger partial charge in [-0.2, -0.15) is 0 Å². The van der Waals surface area contributed by atoms with Crippen molar-refractivity contribution < 1.29 is 4.39 Å². The van der Waals surface area contributed by atoms with Gasteiger partial charge < -0.3 is 5.32 Å². The number of anilines is 1. The first-order valence-corrected chi connectivity index (χ1v) is 7.59. The van der Waals surface area contributed by atoms with Crippen LogP contribution in [-0.4, -0.2) is 17.0 Å². The molecule has 0 aliphatic heterocycles. The number of hydrogen-bond acceptors (Lipinski definition) is 4. The summed E-state index contributed by atoms with van der Waals surface area (Å²) in [6.07, 6.45) is 0.526. The molecular formula is C16H16FN3S. The molecule has 5 heteroatoms. The van der Waals surface area contributed by atoms with Crippen molar-refractivity contribution in [3.05, 3.63) is 51.9 Å². The third-order valence-corrected chi connectivity index (χ3v) is 4.66. The Morgan fingerprint density at radius 3 is 2.76 bits per heavy atom. The SMILES string of the molecule is CNc1nc(Cc2cccc(F)c2)nc2sc(C)c(C)c12. The number of nitrogens with zero attached hydrogens (tertiary/aromatic N) is 2. The van der Waals surface area contributed by atoms with E-state index in [-0.39, 0.29) is 5.82 Å². The average molecular weight is 301 g/mol. The third-order valence-electron chi connectivity index (χ3n) is 3.56.